The average molecular weight is 476 g/mol. The number of thiazole rings is 1. The number of carbonyl (C=O) groups is 1. The molecule has 4 aromatic rings. The molecular weight excluding hydrogens is 446 g/mol. The topological polar surface area (TPSA) is 63.5 Å². The molecule has 176 valence electrons. The number of hydrogen-bond acceptors (Lipinski definition) is 6. The molecule has 3 heterocycles. The smallest absolute Gasteiger partial charge is 0.263 e. The van der Waals surface area contributed by atoms with Gasteiger partial charge in [0, 0.05) is 26.2 Å². The number of amides is 1. The first-order chi connectivity index (χ1) is 16.6. The van der Waals surface area contributed by atoms with E-state index in [-0.39, 0.29) is 5.91 Å². The molecule has 1 aliphatic rings. The Bertz CT molecular complexity index is 1280. The van der Waals surface area contributed by atoms with Crippen molar-refractivity contribution in [1.82, 2.24) is 19.7 Å². The van der Waals surface area contributed by atoms with E-state index in [9.17, 15) is 4.79 Å². The third kappa shape index (κ3) is 4.75. The van der Waals surface area contributed by atoms with Gasteiger partial charge in [-0.15, -0.1) is 0 Å². The van der Waals surface area contributed by atoms with Gasteiger partial charge in [-0.3, -0.25) is 14.6 Å². The lowest BCUT2D eigenvalue weighted by Crippen LogP contribution is -2.39. The molecule has 1 aliphatic heterocycles. The highest BCUT2D eigenvalue weighted by Crippen LogP contribution is 2.31. The van der Waals surface area contributed by atoms with E-state index in [1.165, 1.54) is 5.56 Å². The first-order valence-electron chi connectivity index (χ1n) is 11.7. The Morgan fingerprint density at radius 1 is 1.12 bits per heavy atom. The summed E-state index contributed by atoms with van der Waals surface area (Å²) in [6.45, 7) is 8.99. The first kappa shape index (κ1) is 22.7. The zero-order valence-electron chi connectivity index (χ0n) is 19.6. The predicted octanol–water partition coefficient (Wildman–Crippen LogP) is 4.47. The molecule has 0 unspecified atom stereocenters. The summed E-state index contributed by atoms with van der Waals surface area (Å²) in [4.78, 5) is 22.9. The van der Waals surface area contributed by atoms with Crippen molar-refractivity contribution in [2.75, 3.05) is 44.3 Å². The summed E-state index contributed by atoms with van der Waals surface area (Å²) in [5, 5.41) is 5.26. The molecule has 0 aliphatic carbocycles. The number of aryl methyl sites for hydroxylation is 1. The number of nitrogens with zero attached hydrogens (tertiary/aromatic N) is 5. The SMILES string of the molecule is Cc1ccc2nc(N(CCCN3CCOCC3)C(=O)c3cnn(-c4ccccc4)c3C)sc2c1. The maximum absolute atomic E-state index is 13.8. The molecule has 0 radical (unpaired) electrons. The van der Waals surface area contributed by atoms with E-state index < -0.39 is 0 Å². The van der Waals surface area contributed by atoms with Gasteiger partial charge in [0.15, 0.2) is 5.13 Å². The maximum Gasteiger partial charge on any atom is 0.263 e. The second-order valence-electron chi connectivity index (χ2n) is 8.62. The third-order valence-corrected chi connectivity index (χ3v) is 7.25. The summed E-state index contributed by atoms with van der Waals surface area (Å²) in [6, 6.07) is 16.1. The summed E-state index contributed by atoms with van der Waals surface area (Å²) < 4.78 is 8.38. The molecule has 0 saturated carbocycles. The highest BCUT2D eigenvalue weighted by molar-refractivity contribution is 7.22. The van der Waals surface area contributed by atoms with Gasteiger partial charge in [0.25, 0.3) is 5.91 Å². The van der Waals surface area contributed by atoms with Crippen LogP contribution in [-0.2, 0) is 4.74 Å². The van der Waals surface area contributed by atoms with Crippen LogP contribution in [0.4, 0.5) is 5.13 Å². The van der Waals surface area contributed by atoms with Crippen molar-refractivity contribution in [3.05, 3.63) is 71.5 Å². The molecule has 1 saturated heterocycles. The third-order valence-electron chi connectivity index (χ3n) is 6.21. The van der Waals surface area contributed by atoms with Crippen molar-refractivity contribution in [1.29, 1.82) is 0 Å². The Morgan fingerprint density at radius 3 is 2.71 bits per heavy atom. The number of benzene rings is 2. The second-order valence-corrected chi connectivity index (χ2v) is 9.63. The van der Waals surface area contributed by atoms with Crippen LogP contribution < -0.4 is 4.90 Å². The van der Waals surface area contributed by atoms with Crippen LogP contribution in [0.3, 0.4) is 0 Å². The van der Waals surface area contributed by atoms with Crippen LogP contribution in [0.2, 0.25) is 0 Å². The van der Waals surface area contributed by atoms with Gasteiger partial charge >= 0.3 is 0 Å². The number of carbonyl (C=O) groups excluding carboxylic acids is 1. The van der Waals surface area contributed by atoms with Crippen LogP contribution in [0.15, 0.2) is 54.7 Å². The second kappa shape index (κ2) is 10.0. The minimum Gasteiger partial charge on any atom is -0.379 e. The molecular formula is C26H29N5O2S. The zero-order chi connectivity index (χ0) is 23.5. The van der Waals surface area contributed by atoms with Gasteiger partial charge < -0.3 is 4.74 Å². The minimum absolute atomic E-state index is 0.0579. The summed E-state index contributed by atoms with van der Waals surface area (Å²) >= 11 is 1.57. The molecule has 0 N–H and O–H groups in total. The van der Waals surface area contributed by atoms with Gasteiger partial charge in [0.05, 0.1) is 46.6 Å². The highest BCUT2D eigenvalue weighted by atomic mass is 32.1. The highest BCUT2D eigenvalue weighted by Gasteiger charge is 2.25. The standard InChI is InChI=1S/C26H29N5O2S/c1-19-9-10-23-24(17-19)34-26(28-23)30(12-6-11-29-13-15-33-16-14-29)25(32)22-18-27-31(20(22)2)21-7-4-3-5-8-21/h3-5,7-10,17-18H,6,11-16H2,1-2H3. The summed E-state index contributed by atoms with van der Waals surface area (Å²) in [5.74, 6) is -0.0579. The van der Waals surface area contributed by atoms with Crippen molar-refractivity contribution in [2.24, 2.45) is 0 Å². The van der Waals surface area contributed by atoms with Crippen molar-refractivity contribution >= 4 is 32.6 Å². The Kier molecular flexibility index (Phi) is 6.71. The van der Waals surface area contributed by atoms with Crippen LogP contribution in [0, 0.1) is 13.8 Å². The largest absolute Gasteiger partial charge is 0.379 e. The average Bonchev–Trinajstić information content (AvgIpc) is 3.45. The molecule has 1 fully saturated rings. The summed E-state index contributed by atoms with van der Waals surface area (Å²) in [5.41, 5.74) is 4.48. The van der Waals surface area contributed by atoms with Crippen molar-refractivity contribution in [2.45, 2.75) is 20.3 Å². The van der Waals surface area contributed by atoms with E-state index >= 15 is 0 Å². The van der Waals surface area contributed by atoms with Gasteiger partial charge in [-0.1, -0.05) is 35.6 Å². The van der Waals surface area contributed by atoms with Crippen molar-refractivity contribution < 1.29 is 9.53 Å². The van der Waals surface area contributed by atoms with Crippen LogP contribution in [-0.4, -0.2) is 65.0 Å². The summed E-state index contributed by atoms with van der Waals surface area (Å²) in [6.07, 6.45) is 2.55. The van der Waals surface area contributed by atoms with Crippen LogP contribution in [0.25, 0.3) is 15.9 Å². The molecule has 2 aromatic heterocycles. The molecule has 0 spiro atoms. The Balaban J connectivity index is 1.43. The maximum atomic E-state index is 13.8. The molecule has 0 atom stereocenters. The van der Waals surface area contributed by atoms with E-state index in [2.05, 4.69) is 29.1 Å². The quantitative estimate of drug-likeness (QED) is 0.395. The number of rotatable bonds is 7. The van der Waals surface area contributed by atoms with E-state index in [0.717, 1.165) is 66.0 Å². The van der Waals surface area contributed by atoms with E-state index in [1.54, 1.807) is 17.5 Å². The van der Waals surface area contributed by atoms with Gasteiger partial charge in [-0.2, -0.15) is 5.10 Å². The fraction of sp³-hybridized carbons (Fsp3) is 0.346. The number of fused-ring (bicyclic) bond motifs is 1. The van der Waals surface area contributed by atoms with Crippen LogP contribution in [0.1, 0.15) is 28.0 Å². The molecule has 7 nitrogen and oxygen atoms in total. The van der Waals surface area contributed by atoms with E-state index in [4.69, 9.17) is 9.72 Å². The molecule has 8 heteroatoms. The number of para-hydroxylation sites is 1. The number of hydrogen-bond donors (Lipinski definition) is 0. The molecule has 2 aromatic carbocycles. The molecule has 5 rings (SSSR count). The van der Waals surface area contributed by atoms with E-state index in [0.29, 0.717) is 12.1 Å². The van der Waals surface area contributed by atoms with E-state index in [1.807, 2.05) is 52.9 Å². The monoisotopic (exact) mass is 475 g/mol. The minimum atomic E-state index is -0.0579. The van der Waals surface area contributed by atoms with Crippen molar-refractivity contribution in [3.63, 3.8) is 0 Å². The van der Waals surface area contributed by atoms with Gasteiger partial charge in [0.2, 0.25) is 0 Å². The lowest BCUT2D eigenvalue weighted by atomic mass is 10.2. The van der Waals surface area contributed by atoms with Crippen LogP contribution >= 0.6 is 11.3 Å². The Morgan fingerprint density at radius 2 is 1.91 bits per heavy atom. The fourth-order valence-electron chi connectivity index (χ4n) is 4.29. The van der Waals surface area contributed by atoms with Gasteiger partial charge in [0.1, 0.15) is 0 Å². The Labute approximate surface area is 203 Å². The Hall–Kier alpha value is -3.07. The fourth-order valence-corrected chi connectivity index (χ4v) is 5.38. The number of ether oxygens (including phenoxy) is 1. The number of anilines is 1. The first-order valence-corrected chi connectivity index (χ1v) is 12.5. The normalized spacial score (nSPS) is 14.5. The lowest BCUT2D eigenvalue weighted by molar-refractivity contribution is 0.0376. The summed E-state index contributed by atoms with van der Waals surface area (Å²) in [7, 11) is 0. The van der Waals surface area contributed by atoms with Gasteiger partial charge in [-0.25, -0.2) is 9.67 Å². The predicted molar refractivity (Wildman–Crippen MR) is 136 cm³/mol. The molecule has 34 heavy (non-hydrogen) atoms. The molecule has 1 amide bonds. The number of morpholine rings is 1. The van der Waals surface area contributed by atoms with Crippen molar-refractivity contribution in [3.8, 4) is 5.69 Å². The lowest BCUT2D eigenvalue weighted by Gasteiger charge is -2.27. The molecule has 0 bridgehead atoms. The number of aromatic nitrogens is 3. The van der Waals surface area contributed by atoms with Crippen LogP contribution in [0.5, 0.6) is 0 Å². The van der Waals surface area contributed by atoms with Gasteiger partial charge in [-0.05, 0) is 50.1 Å². The zero-order valence-corrected chi connectivity index (χ0v) is 20.4.